The Labute approximate surface area is 67.3 Å². The maximum atomic E-state index is 5.11. The largest absolute Gasteiger partial charge is 0.335 e. The van der Waals surface area contributed by atoms with Gasteiger partial charge in [-0.25, -0.2) is 0 Å². The molecule has 0 saturated carbocycles. The van der Waals surface area contributed by atoms with E-state index in [4.69, 9.17) is 5.73 Å². The molecule has 0 aliphatic heterocycles. The van der Waals surface area contributed by atoms with Gasteiger partial charge in [0.2, 0.25) is 0 Å². The van der Waals surface area contributed by atoms with Crippen LogP contribution in [0.4, 0.5) is 0 Å². The Hall–Kier alpha value is 0.648. The molecule has 0 unspecified atom stereocenters. The molecule has 0 aromatic rings. The van der Waals surface area contributed by atoms with Gasteiger partial charge < -0.3 is 12.2 Å². The molecule has 0 bridgehead atoms. The minimum Gasteiger partial charge on any atom is -0.335 e. The summed E-state index contributed by atoms with van der Waals surface area (Å²) in [5.41, 5.74) is 5.11. The van der Waals surface area contributed by atoms with Crippen molar-refractivity contribution in [3.63, 3.8) is 0 Å². The Morgan fingerprint density at radius 2 is 1.25 bits per heavy atom. The normalized spacial score (nSPS) is 6.75. The van der Waals surface area contributed by atoms with Crippen LogP contribution < -0.4 is 5.73 Å². The van der Waals surface area contributed by atoms with E-state index in [2.05, 4.69) is 0 Å². The molecule has 0 amide bonds. The van der Waals surface area contributed by atoms with Crippen LogP contribution in [0.1, 0.15) is 27.7 Å². The predicted molar refractivity (Wildman–Crippen MR) is 35.0 cm³/mol. The van der Waals surface area contributed by atoms with Crippen molar-refractivity contribution in [2.75, 3.05) is 0 Å². The summed E-state index contributed by atoms with van der Waals surface area (Å²) in [6, 6.07) is 0.333. The van der Waals surface area contributed by atoms with Crippen LogP contribution in [-0.2, 0) is 21.1 Å². The van der Waals surface area contributed by atoms with Crippen molar-refractivity contribution in [1.82, 2.24) is 0 Å². The second-order valence-electron chi connectivity index (χ2n) is 1.82. The Morgan fingerprint density at radius 3 is 1.25 bits per heavy atom. The van der Waals surface area contributed by atoms with Crippen molar-refractivity contribution >= 4 is 0 Å². The molecular formula is C6H16NW-. The summed E-state index contributed by atoms with van der Waals surface area (Å²) in [5.74, 6) is 0. The second kappa shape index (κ2) is 15.6. The molecule has 0 fully saturated rings. The molecule has 0 aromatic heterocycles. The van der Waals surface area contributed by atoms with Gasteiger partial charge in [-0.05, 0) is 6.04 Å². The summed E-state index contributed by atoms with van der Waals surface area (Å²) >= 11 is 0. The first-order valence-electron chi connectivity index (χ1n) is 2.64. The first kappa shape index (κ1) is 15.9. The molecule has 0 radical (unpaired) electrons. The van der Waals surface area contributed by atoms with Crippen LogP contribution in [0.3, 0.4) is 0 Å². The molecule has 0 aliphatic rings. The van der Waals surface area contributed by atoms with Crippen LogP contribution in [0.2, 0.25) is 0 Å². The van der Waals surface area contributed by atoms with Crippen molar-refractivity contribution < 1.29 is 21.1 Å². The second-order valence-corrected chi connectivity index (χ2v) is 1.82. The summed E-state index contributed by atoms with van der Waals surface area (Å²) in [6.45, 7) is 7.89. The van der Waals surface area contributed by atoms with Crippen molar-refractivity contribution in [3.8, 4) is 0 Å². The molecule has 0 aromatic carbocycles. The van der Waals surface area contributed by atoms with Crippen molar-refractivity contribution in [1.29, 1.82) is 0 Å². The molecule has 52 valence electrons. The fraction of sp³-hybridized carbons (Fsp3) is 0.833. The van der Waals surface area contributed by atoms with Crippen molar-refractivity contribution in [2.24, 2.45) is 5.73 Å². The van der Waals surface area contributed by atoms with E-state index < -0.39 is 0 Å². The Morgan fingerprint density at radius 1 is 1.25 bits per heavy atom. The van der Waals surface area contributed by atoms with Crippen LogP contribution in [0.25, 0.3) is 0 Å². The van der Waals surface area contributed by atoms with E-state index in [0.29, 0.717) is 6.04 Å². The van der Waals surface area contributed by atoms with Gasteiger partial charge in [-0.1, -0.05) is 13.8 Å². The minimum absolute atomic E-state index is 0. The Balaban J connectivity index is -0.0000000575. The van der Waals surface area contributed by atoms with Gasteiger partial charge in [0, 0.05) is 21.1 Å². The molecule has 8 heavy (non-hydrogen) atoms. The zero-order chi connectivity index (χ0) is 6.28. The third-order valence-electron chi connectivity index (χ3n) is 0. The topological polar surface area (TPSA) is 26.0 Å². The van der Waals surface area contributed by atoms with E-state index in [-0.39, 0.29) is 21.1 Å². The van der Waals surface area contributed by atoms with Gasteiger partial charge in [-0.15, -0.1) is 0 Å². The average Bonchev–Trinajstić information content (AvgIpc) is 1.33. The maximum Gasteiger partial charge on any atom is 0 e. The number of nitrogens with two attached hydrogens (primary N) is 1. The van der Waals surface area contributed by atoms with E-state index >= 15 is 0 Å². The maximum absolute atomic E-state index is 5.11. The Kier molecular flexibility index (Phi) is 31.0. The van der Waals surface area contributed by atoms with E-state index in [0.717, 1.165) is 0 Å². The molecule has 0 rings (SSSR count). The first-order valence-corrected chi connectivity index (χ1v) is 2.64. The third-order valence-corrected chi connectivity index (χ3v) is 0. The molecular weight excluding hydrogens is 270 g/mol. The van der Waals surface area contributed by atoms with Crippen molar-refractivity contribution in [3.05, 3.63) is 6.42 Å². The van der Waals surface area contributed by atoms with Crippen LogP contribution in [-0.4, -0.2) is 6.04 Å². The molecule has 0 heterocycles. The molecule has 0 spiro atoms. The summed E-state index contributed by atoms with van der Waals surface area (Å²) in [7, 11) is 0. The Bertz CT molecular complexity index is 19.7. The fourth-order valence-electron chi connectivity index (χ4n) is 0. The van der Waals surface area contributed by atoms with Crippen molar-refractivity contribution in [2.45, 2.75) is 33.7 Å². The SMILES string of the molecule is CC(C)N.C[CH-]C.[W]. The summed E-state index contributed by atoms with van der Waals surface area (Å²) in [4.78, 5) is 0. The van der Waals surface area contributed by atoms with E-state index in [1.807, 2.05) is 34.1 Å². The van der Waals surface area contributed by atoms with Gasteiger partial charge in [0.15, 0.2) is 0 Å². The molecule has 2 heteroatoms. The molecule has 0 atom stereocenters. The van der Waals surface area contributed by atoms with Gasteiger partial charge in [0.05, 0.1) is 0 Å². The minimum atomic E-state index is 0. The van der Waals surface area contributed by atoms with Gasteiger partial charge in [0.25, 0.3) is 0 Å². The monoisotopic (exact) mass is 286 g/mol. The molecule has 0 saturated heterocycles. The summed E-state index contributed by atoms with van der Waals surface area (Å²) in [6.07, 6.45) is 2.00. The van der Waals surface area contributed by atoms with E-state index in [9.17, 15) is 0 Å². The van der Waals surface area contributed by atoms with Gasteiger partial charge >= 0.3 is 0 Å². The number of hydrogen-bond acceptors (Lipinski definition) is 1. The molecule has 2 N–H and O–H groups in total. The van der Waals surface area contributed by atoms with E-state index in [1.54, 1.807) is 0 Å². The number of rotatable bonds is 0. The summed E-state index contributed by atoms with van der Waals surface area (Å²) < 4.78 is 0. The zero-order valence-corrected chi connectivity index (χ0v) is 9.07. The number of hydrogen-bond donors (Lipinski definition) is 1. The van der Waals surface area contributed by atoms with Crippen LogP contribution in [0.5, 0.6) is 0 Å². The average molecular weight is 286 g/mol. The third kappa shape index (κ3) is 505. The quantitative estimate of drug-likeness (QED) is 0.672. The fourth-order valence-corrected chi connectivity index (χ4v) is 0. The first-order chi connectivity index (χ1) is 3.15. The van der Waals surface area contributed by atoms with Crippen LogP contribution in [0.15, 0.2) is 0 Å². The predicted octanol–water partition coefficient (Wildman–Crippen LogP) is 1.58. The molecule has 0 aliphatic carbocycles. The summed E-state index contributed by atoms with van der Waals surface area (Å²) in [5, 5.41) is 0. The van der Waals surface area contributed by atoms with Gasteiger partial charge in [-0.3, -0.25) is 0 Å². The van der Waals surface area contributed by atoms with Gasteiger partial charge in [-0.2, -0.15) is 13.8 Å². The molecule has 1 nitrogen and oxygen atoms in total. The van der Waals surface area contributed by atoms with E-state index in [1.165, 1.54) is 0 Å². The van der Waals surface area contributed by atoms with Crippen LogP contribution >= 0.6 is 0 Å². The smallest absolute Gasteiger partial charge is 0 e. The zero-order valence-electron chi connectivity index (χ0n) is 6.14. The van der Waals surface area contributed by atoms with Crippen LogP contribution in [0, 0.1) is 6.42 Å². The van der Waals surface area contributed by atoms with Gasteiger partial charge in [0.1, 0.15) is 0 Å². The standard InChI is InChI=1S/C3H9N.C3H7.W/c1-3(2)4;1-3-2;/h3H,4H2,1-2H3;3H,1-2H3;/q;-1;.